The zero-order chi connectivity index (χ0) is 40.0. The topological polar surface area (TPSA) is 214 Å². The smallest absolute Gasteiger partial charge is 0.416 e. The first kappa shape index (κ1) is 42.3. The van der Waals surface area contributed by atoms with Crippen molar-refractivity contribution in [3.05, 3.63) is 77.6 Å². The number of hydrogen-bond donors (Lipinski definition) is 8. The van der Waals surface area contributed by atoms with Crippen LogP contribution >= 0.6 is 0 Å². The molecule has 2 aliphatic rings. The summed E-state index contributed by atoms with van der Waals surface area (Å²) in [6.45, 7) is -1.88. The monoisotopic (exact) mass is 795 g/mol. The van der Waals surface area contributed by atoms with Crippen LogP contribution in [0.5, 0.6) is 5.75 Å². The molecule has 18 heteroatoms. The van der Waals surface area contributed by atoms with Gasteiger partial charge in [-0.05, 0) is 85.5 Å². The second kappa shape index (κ2) is 17.9. The van der Waals surface area contributed by atoms with E-state index in [0.717, 1.165) is 57.8 Å². The Balaban J connectivity index is 1.21. The quantitative estimate of drug-likeness (QED) is 0.0777. The molecule has 0 radical (unpaired) electrons. The van der Waals surface area contributed by atoms with Gasteiger partial charge in [0, 0.05) is 50.2 Å². The number of ether oxygens (including phenoxy) is 1. The fourth-order valence-corrected chi connectivity index (χ4v) is 7.51. The Morgan fingerprint density at radius 3 is 2.40 bits per heavy atom. The summed E-state index contributed by atoms with van der Waals surface area (Å²) in [5.74, 6) is 0.721. The van der Waals surface area contributed by atoms with Gasteiger partial charge in [0.2, 0.25) is 10.0 Å². The van der Waals surface area contributed by atoms with E-state index in [1.165, 1.54) is 7.05 Å². The van der Waals surface area contributed by atoms with Crippen molar-refractivity contribution in [2.75, 3.05) is 33.4 Å². The Bertz CT molecular complexity index is 1880. The summed E-state index contributed by atoms with van der Waals surface area (Å²) < 4.78 is 77.0. The van der Waals surface area contributed by atoms with Gasteiger partial charge in [-0.3, -0.25) is 4.98 Å². The van der Waals surface area contributed by atoms with Gasteiger partial charge >= 0.3 is 12.2 Å². The maximum absolute atomic E-state index is 14.2. The summed E-state index contributed by atoms with van der Waals surface area (Å²) in [6.07, 6.45) is -2.79. The molecule has 14 nitrogen and oxygen atoms in total. The molecule has 1 aromatic heterocycles. The predicted molar refractivity (Wildman–Crippen MR) is 194 cm³/mol. The lowest BCUT2D eigenvalue weighted by Crippen LogP contribution is -2.56. The molecule has 2 amide bonds. The largest absolute Gasteiger partial charge is 0.490 e. The lowest BCUT2D eigenvalue weighted by molar-refractivity contribution is -0.138. The van der Waals surface area contributed by atoms with Crippen LogP contribution in [-0.4, -0.2) is 113 Å². The van der Waals surface area contributed by atoms with Gasteiger partial charge in [0.25, 0.3) is 0 Å². The van der Waals surface area contributed by atoms with E-state index in [1.807, 2.05) is 30.3 Å². The number of pyridine rings is 1. The molecule has 1 heterocycles. The second-order valence-electron chi connectivity index (χ2n) is 13.9. The van der Waals surface area contributed by atoms with Crippen LogP contribution in [-0.2, 0) is 28.3 Å². The summed E-state index contributed by atoms with van der Waals surface area (Å²) in [6, 6.07) is 10.1. The molecular weight excluding hydrogens is 747 g/mol. The summed E-state index contributed by atoms with van der Waals surface area (Å²) in [5.41, 5.74) is 0.659. The molecule has 0 saturated heterocycles. The van der Waals surface area contributed by atoms with Crippen molar-refractivity contribution in [3.63, 3.8) is 0 Å². The molecule has 0 spiro atoms. The third kappa shape index (κ3) is 10.5. The molecule has 8 N–H and O–H groups in total. The standard InChI is InChI=1S/C37H48F3N5O9S/c1-45(17-5-4-15-42-35(51)44-30(21-46)33(49)34(50)31(48)22-47)55(52,53)25-10-11-28(37(38,39)40)23(18-25)19-43-36(13-14-36)29-20-41-16-12-26(29)27-6-2-3-7-32(27)54-24-8-9-24/h2-3,6-7,10-12,16,18,20,24,30-31,33-34,43,46-50H,4-5,8-9,13-15,17,19,21-22H2,1H3,(H2,42,44,51). The van der Waals surface area contributed by atoms with Gasteiger partial charge in [0.15, 0.2) is 0 Å². The summed E-state index contributed by atoms with van der Waals surface area (Å²) in [5, 5.41) is 55.9. The van der Waals surface area contributed by atoms with Crippen molar-refractivity contribution in [1.82, 2.24) is 25.2 Å². The summed E-state index contributed by atoms with van der Waals surface area (Å²) >= 11 is 0. The third-order valence-electron chi connectivity index (χ3n) is 9.83. The molecule has 302 valence electrons. The van der Waals surface area contributed by atoms with Gasteiger partial charge in [-0.1, -0.05) is 18.2 Å². The molecule has 4 atom stereocenters. The number of hydrogen-bond acceptors (Lipinski definition) is 11. The van der Waals surface area contributed by atoms with Crippen molar-refractivity contribution >= 4 is 16.1 Å². The zero-order valence-electron chi connectivity index (χ0n) is 30.2. The highest BCUT2D eigenvalue weighted by atomic mass is 32.2. The number of sulfonamides is 1. The number of aromatic nitrogens is 1. The number of urea groups is 1. The number of nitrogens with one attached hydrogen (secondary N) is 3. The van der Waals surface area contributed by atoms with E-state index in [1.54, 1.807) is 12.4 Å². The second-order valence-corrected chi connectivity index (χ2v) is 16.0. The SMILES string of the molecule is CN(CCCCNC(=O)NC(CO)C(O)C(O)C(O)CO)S(=O)(=O)c1ccc(C(F)(F)F)c(CNC2(c3cnccc3-c3ccccc3OC3CC3)CC2)c1. The molecule has 4 unspecified atom stereocenters. The average Bonchev–Trinajstić information content (AvgIpc) is 4.12. The molecule has 0 aliphatic heterocycles. The Morgan fingerprint density at radius 2 is 1.75 bits per heavy atom. The number of benzene rings is 2. The van der Waals surface area contributed by atoms with Gasteiger partial charge in [0.05, 0.1) is 35.8 Å². The van der Waals surface area contributed by atoms with Crippen molar-refractivity contribution < 1.29 is 56.7 Å². The van der Waals surface area contributed by atoms with Crippen LogP contribution in [0.3, 0.4) is 0 Å². The van der Waals surface area contributed by atoms with E-state index in [9.17, 15) is 46.8 Å². The van der Waals surface area contributed by atoms with E-state index in [0.29, 0.717) is 12.8 Å². The van der Waals surface area contributed by atoms with Crippen LogP contribution in [0.15, 0.2) is 65.8 Å². The minimum atomic E-state index is -4.74. The molecule has 3 aromatic rings. The number of amides is 2. The van der Waals surface area contributed by atoms with Crippen molar-refractivity contribution in [2.45, 2.75) is 92.1 Å². The number of aliphatic hydroxyl groups is 5. The molecule has 5 rings (SSSR count). The Hall–Kier alpha value is -3.88. The van der Waals surface area contributed by atoms with Crippen LogP contribution in [0.25, 0.3) is 11.1 Å². The summed E-state index contributed by atoms with van der Waals surface area (Å²) in [7, 11) is -2.92. The van der Waals surface area contributed by atoms with E-state index in [2.05, 4.69) is 20.9 Å². The number of halogens is 3. The number of unbranched alkanes of at least 4 members (excludes halogenated alkanes) is 1. The third-order valence-corrected chi connectivity index (χ3v) is 11.7. The number of rotatable bonds is 20. The van der Waals surface area contributed by atoms with Crippen LogP contribution in [0.4, 0.5) is 18.0 Å². The van der Waals surface area contributed by atoms with Gasteiger partial charge in [0.1, 0.15) is 24.1 Å². The highest BCUT2D eigenvalue weighted by Crippen LogP contribution is 2.50. The van der Waals surface area contributed by atoms with Crippen LogP contribution in [0.2, 0.25) is 0 Å². The van der Waals surface area contributed by atoms with E-state index in [-0.39, 0.29) is 49.0 Å². The summed E-state index contributed by atoms with van der Waals surface area (Å²) in [4.78, 5) is 16.3. The lowest BCUT2D eigenvalue weighted by atomic mass is 9.94. The van der Waals surface area contributed by atoms with Gasteiger partial charge in [-0.25, -0.2) is 17.5 Å². The Labute approximate surface area is 317 Å². The Kier molecular flexibility index (Phi) is 13.8. The van der Waals surface area contributed by atoms with Crippen molar-refractivity contribution in [1.29, 1.82) is 0 Å². The van der Waals surface area contributed by atoms with E-state index >= 15 is 0 Å². The van der Waals surface area contributed by atoms with Gasteiger partial charge in [-0.2, -0.15) is 13.2 Å². The van der Waals surface area contributed by atoms with E-state index in [4.69, 9.17) is 9.84 Å². The molecule has 2 aromatic carbocycles. The van der Waals surface area contributed by atoms with Crippen LogP contribution in [0.1, 0.15) is 55.2 Å². The van der Waals surface area contributed by atoms with Crippen LogP contribution < -0.4 is 20.7 Å². The van der Waals surface area contributed by atoms with Gasteiger partial charge in [-0.15, -0.1) is 0 Å². The fraction of sp³-hybridized carbons (Fsp3) is 0.514. The highest BCUT2D eigenvalue weighted by molar-refractivity contribution is 7.89. The molecule has 55 heavy (non-hydrogen) atoms. The maximum Gasteiger partial charge on any atom is 0.416 e. The first-order valence-electron chi connectivity index (χ1n) is 18.0. The molecular formula is C37H48F3N5O9S. The molecule has 2 fully saturated rings. The number of para-hydroxylation sites is 1. The van der Waals surface area contributed by atoms with Crippen molar-refractivity contribution in [2.24, 2.45) is 0 Å². The lowest BCUT2D eigenvalue weighted by Gasteiger charge is -2.28. The molecule has 2 saturated carbocycles. The first-order chi connectivity index (χ1) is 26.1. The molecule has 2 aliphatic carbocycles. The predicted octanol–water partition coefficient (Wildman–Crippen LogP) is 2.22. The number of carbonyl (C=O) groups is 1. The number of alkyl halides is 3. The average molecular weight is 796 g/mol. The fourth-order valence-electron chi connectivity index (χ4n) is 6.25. The Morgan fingerprint density at radius 1 is 1.02 bits per heavy atom. The number of aliphatic hydroxyl groups excluding tert-OH is 5. The maximum atomic E-state index is 14.2. The minimum Gasteiger partial charge on any atom is -0.490 e. The highest BCUT2D eigenvalue weighted by Gasteiger charge is 2.46. The van der Waals surface area contributed by atoms with E-state index < -0.39 is 70.9 Å². The first-order valence-corrected chi connectivity index (χ1v) is 19.5. The minimum absolute atomic E-state index is 0.0255. The number of carbonyl (C=O) groups excluding carboxylic acids is 1. The zero-order valence-corrected chi connectivity index (χ0v) is 31.1. The van der Waals surface area contributed by atoms with Gasteiger partial charge < -0.3 is 46.2 Å². The van der Waals surface area contributed by atoms with Crippen LogP contribution in [0, 0.1) is 0 Å². The molecule has 0 bridgehead atoms. The van der Waals surface area contributed by atoms with Crippen molar-refractivity contribution in [3.8, 4) is 16.9 Å². The normalized spacial score (nSPS) is 17.6. The number of nitrogens with zero attached hydrogens (tertiary/aromatic N) is 2.